The molecule has 2 rings (SSSR count). The highest BCUT2D eigenvalue weighted by Crippen LogP contribution is 2.40. The van der Waals surface area contributed by atoms with E-state index in [1.807, 2.05) is 0 Å². The van der Waals surface area contributed by atoms with Crippen LogP contribution in [-0.4, -0.2) is 0 Å². The summed E-state index contributed by atoms with van der Waals surface area (Å²) in [7, 11) is 0. The summed E-state index contributed by atoms with van der Waals surface area (Å²) in [5.41, 5.74) is 8.76. The van der Waals surface area contributed by atoms with Gasteiger partial charge >= 0.3 is 0 Å². The standard InChI is InChI=1S/C11H14BrN/c1-7-2-5-9(12)6-10(7)11(13)8-3-4-8/h2,5-6,8,11H,3-4,13H2,1H3. The summed E-state index contributed by atoms with van der Waals surface area (Å²) in [6.45, 7) is 2.13. The van der Waals surface area contributed by atoms with Crippen molar-refractivity contribution in [2.45, 2.75) is 25.8 Å². The Morgan fingerprint density at radius 2 is 2.15 bits per heavy atom. The van der Waals surface area contributed by atoms with E-state index >= 15 is 0 Å². The predicted octanol–water partition coefficient (Wildman–Crippen LogP) is 3.17. The summed E-state index contributed by atoms with van der Waals surface area (Å²) >= 11 is 3.48. The summed E-state index contributed by atoms with van der Waals surface area (Å²) in [6.07, 6.45) is 2.60. The zero-order valence-corrected chi connectivity index (χ0v) is 9.34. The van der Waals surface area contributed by atoms with Gasteiger partial charge < -0.3 is 5.73 Å². The molecule has 1 aromatic rings. The Balaban J connectivity index is 2.31. The number of aryl methyl sites for hydroxylation is 1. The van der Waals surface area contributed by atoms with Gasteiger partial charge in [-0.25, -0.2) is 0 Å². The number of benzene rings is 1. The van der Waals surface area contributed by atoms with Crippen LogP contribution in [0.15, 0.2) is 22.7 Å². The molecule has 1 nitrogen and oxygen atoms in total. The molecular weight excluding hydrogens is 226 g/mol. The van der Waals surface area contributed by atoms with Crippen molar-refractivity contribution in [3.8, 4) is 0 Å². The summed E-state index contributed by atoms with van der Waals surface area (Å²) in [6, 6.07) is 6.59. The molecule has 2 N–H and O–H groups in total. The monoisotopic (exact) mass is 239 g/mol. The van der Waals surface area contributed by atoms with Crippen molar-refractivity contribution in [3.63, 3.8) is 0 Å². The lowest BCUT2D eigenvalue weighted by Crippen LogP contribution is -2.13. The van der Waals surface area contributed by atoms with Gasteiger partial charge in [-0.3, -0.25) is 0 Å². The Bertz CT molecular complexity index is 318. The van der Waals surface area contributed by atoms with Gasteiger partial charge in [-0.1, -0.05) is 22.0 Å². The lowest BCUT2D eigenvalue weighted by molar-refractivity contribution is 0.629. The minimum atomic E-state index is 0.248. The molecule has 1 fully saturated rings. The first-order chi connectivity index (χ1) is 6.18. The third-order valence-corrected chi connectivity index (χ3v) is 3.22. The topological polar surface area (TPSA) is 26.0 Å². The Morgan fingerprint density at radius 1 is 1.46 bits per heavy atom. The van der Waals surface area contributed by atoms with Gasteiger partial charge in [0.1, 0.15) is 0 Å². The van der Waals surface area contributed by atoms with E-state index in [-0.39, 0.29) is 6.04 Å². The van der Waals surface area contributed by atoms with Gasteiger partial charge in [0.05, 0.1) is 0 Å². The molecule has 0 saturated heterocycles. The lowest BCUT2D eigenvalue weighted by atomic mass is 9.99. The van der Waals surface area contributed by atoms with Crippen LogP contribution in [0.1, 0.15) is 30.0 Å². The van der Waals surface area contributed by atoms with Gasteiger partial charge in [-0.2, -0.15) is 0 Å². The van der Waals surface area contributed by atoms with Gasteiger partial charge in [0.15, 0.2) is 0 Å². The first kappa shape index (κ1) is 9.22. The minimum Gasteiger partial charge on any atom is -0.324 e. The van der Waals surface area contributed by atoms with Crippen LogP contribution in [-0.2, 0) is 0 Å². The van der Waals surface area contributed by atoms with E-state index in [9.17, 15) is 0 Å². The molecule has 2 heteroatoms. The van der Waals surface area contributed by atoms with Gasteiger partial charge in [0, 0.05) is 10.5 Å². The zero-order chi connectivity index (χ0) is 9.42. The maximum atomic E-state index is 6.15. The van der Waals surface area contributed by atoms with Crippen LogP contribution < -0.4 is 5.73 Å². The molecule has 1 aliphatic carbocycles. The summed E-state index contributed by atoms with van der Waals surface area (Å²) < 4.78 is 1.13. The first-order valence-corrected chi connectivity index (χ1v) is 5.49. The molecule has 0 heterocycles. The Labute approximate surface area is 87.5 Å². The van der Waals surface area contributed by atoms with Crippen molar-refractivity contribution in [1.82, 2.24) is 0 Å². The summed E-state index contributed by atoms with van der Waals surface area (Å²) in [4.78, 5) is 0. The van der Waals surface area contributed by atoms with E-state index in [0.29, 0.717) is 0 Å². The third kappa shape index (κ3) is 1.94. The maximum absolute atomic E-state index is 6.15. The van der Waals surface area contributed by atoms with Crippen molar-refractivity contribution in [2.24, 2.45) is 11.7 Å². The average molecular weight is 240 g/mol. The van der Waals surface area contributed by atoms with Crippen LogP contribution in [0.4, 0.5) is 0 Å². The van der Waals surface area contributed by atoms with Gasteiger partial charge in [-0.05, 0) is 48.9 Å². The molecule has 0 spiro atoms. The molecule has 0 aliphatic heterocycles. The lowest BCUT2D eigenvalue weighted by Gasteiger charge is -2.13. The van der Waals surface area contributed by atoms with E-state index in [2.05, 4.69) is 41.1 Å². The smallest absolute Gasteiger partial charge is 0.0326 e. The number of rotatable bonds is 2. The van der Waals surface area contributed by atoms with Crippen LogP contribution in [0.2, 0.25) is 0 Å². The highest BCUT2D eigenvalue weighted by atomic mass is 79.9. The van der Waals surface area contributed by atoms with Crippen molar-refractivity contribution in [2.75, 3.05) is 0 Å². The fourth-order valence-corrected chi connectivity index (χ4v) is 2.06. The van der Waals surface area contributed by atoms with E-state index in [1.54, 1.807) is 0 Å². The van der Waals surface area contributed by atoms with Crippen LogP contribution in [0.3, 0.4) is 0 Å². The van der Waals surface area contributed by atoms with Crippen LogP contribution in [0.25, 0.3) is 0 Å². The molecule has 1 aromatic carbocycles. The maximum Gasteiger partial charge on any atom is 0.0326 e. The van der Waals surface area contributed by atoms with Crippen molar-refractivity contribution in [3.05, 3.63) is 33.8 Å². The second-order valence-electron chi connectivity index (χ2n) is 3.86. The van der Waals surface area contributed by atoms with Crippen molar-refractivity contribution < 1.29 is 0 Å². The number of hydrogen-bond donors (Lipinski definition) is 1. The minimum absolute atomic E-state index is 0.248. The molecule has 0 radical (unpaired) electrons. The number of hydrogen-bond acceptors (Lipinski definition) is 1. The quantitative estimate of drug-likeness (QED) is 0.844. The van der Waals surface area contributed by atoms with Crippen molar-refractivity contribution in [1.29, 1.82) is 0 Å². The van der Waals surface area contributed by atoms with E-state index in [0.717, 1.165) is 10.4 Å². The SMILES string of the molecule is Cc1ccc(Br)cc1C(N)C1CC1. The third-order valence-electron chi connectivity index (χ3n) is 2.73. The summed E-state index contributed by atoms with van der Waals surface area (Å²) in [5.74, 6) is 0.730. The Kier molecular flexibility index (Phi) is 2.43. The van der Waals surface area contributed by atoms with Crippen LogP contribution >= 0.6 is 15.9 Å². The summed E-state index contributed by atoms with van der Waals surface area (Å²) in [5, 5.41) is 0. The molecule has 1 saturated carbocycles. The second-order valence-corrected chi connectivity index (χ2v) is 4.78. The molecule has 1 unspecified atom stereocenters. The Hall–Kier alpha value is -0.340. The zero-order valence-electron chi connectivity index (χ0n) is 7.76. The molecule has 13 heavy (non-hydrogen) atoms. The van der Waals surface area contributed by atoms with E-state index < -0.39 is 0 Å². The molecule has 1 aliphatic rings. The normalized spacial score (nSPS) is 18.7. The highest BCUT2D eigenvalue weighted by Gasteiger charge is 2.30. The van der Waals surface area contributed by atoms with Crippen molar-refractivity contribution >= 4 is 15.9 Å². The number of nitrogens with two attached hydrogens (primary N) is 1. The van der Waals surface area contributed by atoms with E-state index in [1.165, 1.54) is 24.0 Å². The highest BCUT2D eigenvalue weighted by molar-refractivity contribution is 9.10. The van der Waals surface area contributed by atoms with Crippen LogP contribution in [0, 0.1) is 12.8 Å². The second kappa shape index (κ2) is 3.43. The average Bonchev–Trinajstić information content (AvgIpc) is 2.91. The van der Waals surface area contributed by atoms with Gasteiger partial charge in [0.25, 0.3) is 0 Å². The van der Waals surface area contributed by atoms with Crippen LogP contribution in [0.5, 0.6) is 0 Å². The fraction of sp³-hybridized carbons (Fsp3) is 0.455. The van der Waals surface area contributed by atoms with Gasteiger partial charge in [0.2, 0.25) is 0 Å². The fourth-order valence-electron chi connectivity index (χ4n) is 1.68. The molecular formula is C11H14BrN. The van der Waals surface area contributed by atoms with E-state index in [4.69, 9.17) is 5.73 Å². The molecule has 1 atom stereocenters. The first-order valence-electron chi connectivity index (χ1n) is 4.70. The number of halogens is 1. The largest absolute Gasteiger partial charge is 0.324 e. The molecule has 0 amide bonds. The molecule has 70 valence electrons. The van der Waals surface area contributed by atoms with Gasteiger partial charge in [-0.15, -0.1) is 0 Å². The molecule has 0 bridgehead atoms. The Morgan fingerprint density at radius 3 is 2.77 bits per heavy atom. The molecule has 0 aromatic heterocycles. The predicted molar refractivity (Wildman–Crippen MR) is 58.5 cm³/mol.